The zero-order chi connectivity index (χ0) is 13.2. The number of hydrogen-bond donors (Lipinski definition) is 0. The fraction of sp³-hybridized carbons (Fsp3) is 0. The van der Waals surface area contributed by atoms with Crippen molar-refractivity contribution < 1.29 is 28.9 Å². The van der Waals surface area contributed by atoms with Crippen molar-refractivity contribution in [1.29, 1.82) is 0 Å². The molecule has 0 saturated carbocycles. The van der Waals surface area contributed by atoms with Crippen LogP contribution in [0.1, 0.15) is 0 Å². The normalized spacial score (nSPS) is 13.1. The molecule has 2 aromatic heterocycles. The van der Waals surface area contributed by atoms with E-state index in [0.29, 0.717) is 11.6 Å². The first kappa shape index (κ1) is 14.6. The maximum atomic E-state index is 12.8. The smallest absolute Gasteiger partial charge is 0.358 e. The van der Waals surface area contributed by atoms with E-state index < -0.39 is 0 Å². The van der Waals surface area contributed by atoms with Gasteiger partial charge in [0.25, 0.3) is 0 Å². The molecule has 8 heteroatoms. The molecule has 0 fully saturated rings. The fourth-order valence-corrected chi connectivity index (χ4v) is 1.67. The standard InChI is InChI=1S/C12H8BF2N4.Ir/c14-9-1-3-11(16-7-9)18-5-6-19(13-18)12-4-2-10(15)8-17-12;/h1-8H;. The third-order valence-electron chi connectivity index (χ3n) is 2.59. The molecule has 0 spiro atoms. The summed E-state index contributed by atoms with van der Waals surface area (Å²) < 4.78 is 25.6. The quantitative estimate of drug-likeness (QED) is 0.658. The van der Waals surface area contributed by atoms with Gasteiger partial charge in [-0.2, -0.15) is 0 Å². The summed E-state index contributed by atoms with van der Waals surface area (Å²) in [7, 11) is 1.72. The predicted molar refractivity (Wildman–Crippen MR) is 68.2 cm³/mol. The first-order chi connectivity index (χ1) is 9.22. The van der Waals surface area contributed by atoms with Gasteiger partial charge in [0.15, 0.2) is 0 Å². The van der Waals surface area contributed by atoms with Gasteiger partial charge >= 0.3 is 7.55 Å². The van der Waals surface area contributed by atoms with Crippen LogP contribution in [0.2, 0.25) is 0 Å². The fourth-order valence-electron chi connectivity index (χ4n) is 1.67. The van der Waals surface area contributed by atoms with Gasteiger partial charge in [0.05, 0.1) is 12.4 Å². The molecule has 1 aliphatic heterocycles. The number of aromatic nitrogens is 2. The number of hydrogen-bond acceptors (Lipinski definition) is 4. The molecule has 0 saturated heterocycles. The van der Waals surface area contributed by atoms with E-state index in [1.54, 1.807) is 41.7 Å². The Kier molecular flexibility index (Phi) is 4.47. The maximum absolute atomic E-state index is 12.8. The molecule has 2 aromatic rings. The first-order valence-corrected chi connectivity index (χ1v) is 5.55. The van der Waals surface area contributed by atoms with Crippen molar-refractivity contribution in [3.8, 4) is 0 Å². The zero-order valence-electron chi connectivity index (χ0n) is 10.1. The Labute approximate surface area is 128 Å². The number of pyridine rings is 2. The second-order valence-electron chi connectivity index (χ2n) is 3.90. The molecule has 0 amide bonds. The maximum Gasteiger partial charge on any atom is 0.402 e. The van der Waals surface area contributed by atoms with Crippen molar-refractivity contribution in [3.05, 3.63) is 60.7 Å². The minimum absolute atomic E-state index is 0. The minimum Gasteiger partial charge on any atom is -0.358 e. The summed E-state index contributed by atoms with van der Waals surface area (Å²) in [5, 5.41) is 0. The van der Waals surface area contributed by atoms with Gasteiger partial charge in [-0.3, -0.25) is 0 Å². The monoisotopic (exact) mass is 450 g/mol. The van der Waals surface area contributed by atoms with Crippen LogP contribution in [-0.2, 0) is 20.1 Å². The third kappa shape index (κ3) is 3.03. The summed E-state index contributed by atoms with van der Waals surface area (Å²) in [4.78, 5) is 11.4. The summed E-state index contributed by atoms with van der Waals surface area (Å²) >= 11 is 0. The van der Waals surface area contributed by atoms with E-state index >= 15 is 0 Å². The van der Waals surface area contributed by atoms with Crippen LogP contribution >= 0.6 is 0 Å². The molecule has 20 heavy (non-hydrogen) atoms. The van der Waals surface area contributed by atoms with Crippen LogP contribution in [0, 0.1) is 11.6 Å². The van der Waals surface area contributed by atoms with Gasteiger partial charge in [0.2, 0.25) is 0 Å². The van der Waals surface area contributed by atoms with E-state index in [1.165, 1.54) is 12.1 Å². The number of halogens is 2. The second kappa shape index (κ2) is 6.11. The molecule has 3 rings (SSSR count). The SMILES string of the molecule is Fc1ccc(N2[B]N(c3ccc(F)cn3)C=C2)nc1.[Ir]. The summed E-state index contributed by atoms with van der Waals surface area (Å²) in [6, 6.07) is 5.81. The molecule has 0 aliphatic carbocycles. The predicted octanol–water partition coefficient (Wildman–Crippen LogP) is 2.08. The van der Waals surface area contributed by atoms with Crippen LogP contribution in [-0.4, -0.2) is 17.5 Å². The van der Waals surface area contributed by atoms with Gasteiger partial charge in [-0.05, 0) is 24.3 Å². The largest absolute Gasteiger partial charge is 0.402 e. The molecule has 0 unspecified atom stereocenters. The van der Waals surface area contributed by atoms with Crippen LogP contribution in [0.5, 0.6) is 0 Å². The topological polar surface area (TPSA) is 32.3 Å². The van der Waals surface area contributed by atoms with Gasteiger partial charge in [-0.25, -0.2) is 18.7 Å². The molecule has 3 heterocycles. The van der Waals surface area contributed by atoms with Crippen LogP contribution < -0.4 is 9.62 Å². The molecule has 0 aromatic carbocycles. The van der Waals surface area contributed by atoms with E-state index in [-0.39, 0.29) is 31.7 Å². The van der Waals surface area contributed by atoms with E-state index in [9.17, 15) is 8.78 Å². The van der Waals surface area contributed by atoms with E-state index in [1.807, 2.05) is 0 Å². The molecule has 0 atom stereocenters. The average molecular weight is 449 g/mol. The number of rotatable bonds is 2. The molecule has 0 bridgehead atoms. The number of anilines is 2. The molecule has 1 aliphatic rings. The summed E-state index contributed by atoms with van der Waals surface area (Å²) in [5.41, 5.74) is 0. The molecular weight excluding hydrogens is 441 g/mol. The van der Waals surface area contributed by atoms with Gasteiger partial charge in [-0.1, -0.05) is 0 Å². The van der Waals surface area contributed by atoms with Gasteiger partial charge in [0, 0.05) is 32.5 Å². The minimum atomic E-state index is -0.385. The van der Waals surface area contributed by atoms with Crippen molar-refractivity contribution in [1.82, 2.24) is 9.97 Å². The Morgan fingerprint density at radius 2 is 1.25 bits per heavy atom. The summed E-state index contributed by atoms with van der Waals surface area (Å²) in [6.07, 6.45) is 5.81. The molecular formula is C12H8BF2IrN4. The van der Waals surface area contributed by atoms with Gasteiger partial charge in [-0.15, -0.1) is 0 Å². The van der Waals surface area contributed by atoms with Crippen LogP contribution in [0.4, 0.5) is 20.4 Å². The summed E-state index contributed by atoms with van der Waals surface area (Å²) in [6.45, 7) is 0. The van der Waals surface area contributed by atoms with Crippen molar-refractivity contribution in [2.45, 2.75) is 0 Å². The Morgan fingerprint density at radius 1 is 0.800 bits per heavy atom. The third-order valence-corrected chi connectivity index (χ3v) is 2.59. The first-order valence-electron chi connectivity index (χ1n) is 5.55. The van der Waals surface area contributed by atoms with E-state index in [0.717, 1.165) is 12.4 Å². The second-order valence-corrected chi connectivity index (χ2v) is 3.90. The molecule has 2 radical (unpaired) electrons. The zero-order valence-corrected chi connectivity index (χ0v) is 12.5. The van der Waals surface area contributed by atoms with Crippen molar-refractivity contribution >= 4 is 19.2 Å². The Morgan fingerprint density at radius 3 is 1.60 bits per heavy atom. The average Bonchev–Trinajstić information content (AvgIpc) is 2.90. The van der Waals surface area contributed by atoms with Crippen molar-refractivity contribution in [2.75, 3.05) is 9.62 Å². The van der Waals surface area contributed by atoms with Crippen molar-refractivity contribution in [2.24, 2.45) is 0 Å². The van der Waals surface area contributed by atoms with Crippen LogP contribution in [0.25, 0.3) is 0 Å². The van der Waals surface area contributed by atoms with E-state index in [2.05, 4.69) is 9.97 Å². The van der Waals surface area contributed by atoms with E-state index in [4.69, 9.17) is 0 Å². The van der Waals surface area contributed by atoms with Crippen LogP contribution in [0.15, 0.2) is 49.1 Å². The molecule has 0 N–H and O–H groups in total. The van der Waals surface area contributed by atoms with Crippen LogP contribution in [0.3, 0.4) is 0 Å². The Hall–Kier alpha value is -1.79. The van der Waals surface area contributed by atoms with Gasteiger partial charge in [0.1, 0.15) is 23.3 Å². The van der Waals surface area contributed by atoms with Crippen molar-refractivity contribution in [3.63, 3.8) is 0 Å². The summed E-state index contributed by atoms with van der Waals surface area (Å²) in [5.74, 6) is 0.400. The molecule has 4 nitrogen and oxygen atoms in total. The Bertz CT molecular complexity index is 552. The molecule has 102 valence electrons. The number of nitrogens with zero attached hydrogens (tertiary/aromatic N) is 4. The van der Waals surface area contributed by atoms with Gasteiger partial charge < -0.3 is 9.62 Å². The Balaban J connectivity index is 0.00000147.